The number of benzene rings is 2. The molecule has 2 heterocycles. The van der Waals surface area contributed by atoms with Gasteiger partial charge in [-0.15, -0.1) is 11.3 Å². The molecule has 0 N–H and O–H groups in total. The van der Waals surface area contributed by atoms with E-state index in [1.54, 1.807) is 29.7 Å². The van der Waals surface area contributed by atoms with E-state index in [-0.39, 0.29) is 18.0 Å². The summed E-state index contributed by atoms with van der Waals surface area (Å²) in [5.74, 6) is 1.64. The lowest BCUT2D eigenvalue weighted by Crippen LogP contribution is -2.42. The third-order valence-electron chi connectivity index (χ3n) is 7.61. The monoisotopic (exact) mass is 531 g/mol. The van der Waals surface area contributed by atoms with E-state index in [9.17, 15) is 4.39 Å². The number of hydrogen-bond acceptors (Lipinski definition) is 5. The minimum absolute atomic E-state index is 0.0842. The fourth-order valence-corrected chi connectivity index (χ4v) is 6.33. The number of aliphatic imine (C=N–C) groups is 1. The van der Waals surface area contributed by atoms with Crippen molar-refractivity contribution in [1.29, 1.82) is 0 Å². The molecule has 2 aromatic carbocycles. The van der Waals surface area contributed by atoms with Crippen LogP contribution >= 0.6 is 11.3 Å². The zero-order chi connectivity index (χ0) is 26.6. The number of hydrogen-bond donors (Lipinski definition) is 0. The predicted octanol–water partition coefficient (Wildman–Crippen LogP) is 8.51. The molecular weight excluding hydrogens is 493 g/mol. The first-order chi connectivity index (χ1) is 18.4. The molecule has 2 aliphatic rings. The Morgan fingerprint density at radius 1 is 1.18 bits per heavy atom. The standard InChI is InChI=1S/C32H38FN3OS/c1-5-34-31-29(26-10-8-11-27(33)19-26)21-38-32(31)23(3)37-28-15-17-35(18-16-28)24(4)36(20-25-13-14-25)30-12-7-6-9-22(30)2/h5-12,19,21,23,25,28H,4,13-18,20H2,1-3H3. The van der Waals surface area contributed by atoms with Gasteiger partial charge >= 0.3 is 0 Å². The van der Waals surface area contributed by atoms with Crippen LogP contribution in [0.1, 0.15) is 56.1 Å². The van der Waals surface area contributed by atoms with Crippen molar-refractivity contribution in [3.63, 3.8) is 0 Å². The molecule has 4 nitrogen and oxygen atoms in total. The molecule has 1 aromatic heterocycles. The Labute approximate surface area is 230 Å². The largest absolute Gasteiger partial charge is 0.370 e. The fourth-order valence-electron chi connectivity index (χ4n) is 5.32. The van der Waals surface area contributed by atoms with E-state index in [2.05, 4.69) is 64.9 Å². The van der Waals surface area contributed by atoms with Crippen molar-refractivity contribution in [3.05, 3.63) is 82.6 Å². The first-order valence-corrected chi connectivity index (χ1v) is 14.6. The van der Waals surface area contributed by atoms with Gasteiger partial charge in [-0.2, -0.15) is 0 Å². The van der Waals surface area contributed by atoms with Gasteiger partial charge in [0.1, 0.15) is 11.6 Å². The van der Waals surface area contributed by atoms with E-state index in [0.717, 1.165) is 65.9 Å². The number of likely N-dealkylation sites (tertiary alicyclic amines) is 1. The minimum atomic E-state index is -0.238. The van der Waals surface area contributed by atoms with Gasteiger partial charge in [0.15, 0.2) is 0 Å². The van der Waals surface area contributed by atoms with Gasteiger partial charge in [-0.3, -0.25) is 4.99 Å². The molecule has 1 saturated carbocycles. The summed E-state index contributed by atoms with van der Waals surface area (Å²) in [5.41, 5.74) is 5.25. The topological polar surface area (TPSA) is 28.1 Å². The van der Waals surface area contributed by atoms with Crippen molar-refractivity contribution in [1.82, 2.24) is 4.90 Å². The molecule has 200 valence electrons. The average Bonchev–Trinajstić information content (AvgIpc) is 3.65. The normalized spacial score (nSPS) is 17.2. The van der Waals surface area contributed by atoms with Crippen LogP contribution in [0.15, 0.2) is 71.3 Å². The summed E-state index contributed by atoms with van der Waals surface area (Å²) in [6, 6.07) is 15.3. The lowest BCUT2D eigenvalue weighted by Gasteiger charge is -2.40. The Morgan fingerprint density at radius 2 is 1.95 bits per heavy atom. The van der Waals surface area contributed by atoms with Gasteiger partial charge in [0.2, 0.25) is 0 Å². The van der Waals surface area contributed by atoms with E-state index < -0.39 is 0 Å². The Hall–Kier alpha value is -2.96. The molecule has 3 aromatic rings. The molecule has 0 bridgehead atoms. The first-order valence-electron chi connectivity index (χ1n) is 13.7. The van der Waals surface area contributed by atoms with E-state index in [0.29, 0.717) is 0 Å². The maximum Gasteiger partial charge on any atom is 0.123 e. The highest BCUT2D eigenvalue weighted by Crippen LogP contribution is 2.43. The van der Waals surface area contributed by atoms with Crippen molar-refractivity contribution in [3.8, 4) is 11.1 Å². The smallest absolute Gasteiger partial charge is 0.123 e. The number of thiophene rings is 1. The van der Waals surface area contributed by atoms with Crippen molar-refractivity contribution in [2.75, 3.05) is 24.5 Å². The number of rotatable bonds is 10. The molecule has 1 saturated heterocycles. The van der Waals surface area contributed by atoms with E-state index >= 15 is 0 Å². The second-order valence-corrected chi connectivity index (χ2v) is 11.4. The van der Waals surface area contributed by atoms with Gasteiger partial charge in [0.25, 0.3) is 0 Å². The molecule has 0 radical (unpaired) electrons. The van der Waals surface area contributed by atoms with Gasteiger partial charge in [-0.1, -0.05) is 36.9 Å². The molecule has 2 fully saturated rings. The van der Waals surface area contributed by atoms with Crippen LogP contribution in [0.2, 0.25) is 0 Å². The summed E-state index contributed by atoms with van der Waals surface area (Å²) in [6.45, 7) is 13.7. The van der Waals surface area contributed by atoms with Gasteiger partial charge < -0.3 is 14.5 Å². The van der Waals surface area contributed by atoms with Crippen LogP contribution in [0.25, 0.3) is 11.1 Å². The lowest BCUT2D eigenvalue weighted by atomic mass is 10.0. The van der Waals surface area contributed by atoms with Crippen LogP contribution < -0.4 is 4.90 Å². The third-order valence-corrected chi connectivity index (χ3v) is 8.75. The zero-order valence-electron chi connectivity index (χ0n) is 22.7. The molecule has 1 atom stereocenters. The lowest BCUT2D eigenvalue weighted by molar-refractivity contribution is -0.0304. The molecule has 1 aliphatic heterocycles. The van der Waals surface area contributed by atoms with Crippen molar-refractivity contribution in [2.24, 2.45) is 10.9 Å². The Bertz CT molecular complexity index is 1290. The van der Waals surface area contributed by atoms with Crippen molar-refractivity contribution < 1.29 is 9.13 Å². The molecule has 0 spiro atoms. The highest BCUT2D eigenvalue weighted by Gasteiger charge is 2.30. The van der Waals surface area contributed by atoms with Crippen LogP contribution in [0.4, 0.5) is 15.8 Å². The number of ether oxygens (including phenoxy) is 1. The third kappa shape index (κ3) is 6.02. The maximum atomic E-state index is 13.9. The van der Waals surface area contributed by atoms with E-state index in [4.69, 9.17) is 4.74 Å². The van der Waals surface area contributed by atoms with Crippen LogP contribution in [0.5, 0.6) is 0 Å². The highest BCUT2D eigenvalue weighted by molar-refractivity contribution is 7.11. The SMILES string of the molecule is C=C(N1CCC(OC(C)c2scc(-c3cccc(F)c3)c2N=CC)CC1)N(CC1CC1)c1ccccc1C. The van der Waals surface area contributed by atoms with Crippen molar-refractivity contribution >= 4 is 28.9 Å². The Morgan fingerprint density at radius 3 is 2.63 bits per heavy atom. The number of nitrogens with zero attached hydrogens (tertiary/aromatic N) is 3. The van der Waals surface area contributed by atoms with Gasteiger partial charge in [-0.25, -0.2) is 4.39 Å². The number of halogens is 1. The second-order valence-electron chi connectivity index (χ2n) is 10.5. The summed E-state index contributed by atoms with van der Waals surface area (Å²) < 4.78 is 20.5. The van der Waals surface area contributed by atoms with Crippen molar-refractivity contribution in [2.45, 2.75) is 58.7 Å². The number of anilines is 1. The van der Waals surface area contributed by atoms with E-state index in [1.807, 2.05) is 13.0 Å². The van der Waals surface area contributed by atoms with Crippen LogP contribution in [0.3, 0.4) is 0 Å². The summed E-state index contributed by atoms with van der Waals surface area (Å²) in [5, 5.41) is 2.07. The first kappa shape index (κ1) is 26.6. The summed E-state index contributed by atoms with van der Waals surface area (Å²) in [7, 11) is 0. The van der Waals surface area contributed by atoms with Gasteiger partial charge in [0, 0.05) is 42.5 Å². The minimum Gasteiger partial charge on any atom is -0.370 e. The Kier molecular flexibility index (Phi) is 8.29. The van der Waals surface area contributed by atoms with Gasteiger partial charge in [-0.05, 0) is 81.7 Å². The zero-order valence-corrected chi connectivity index (χ0v) is 23.5. The molecule has 38 heavy (non-hydrogen) atoms. The molecule has 6 heteroatoms. The predicted molar refractivity (Wildman–Crippen MR) is 158 cm³/mol. The number of para-hydroxylation sites is 1. The molecule has 5 rings (SSSR count). The van der Waals surface area contributed by atoms with Crippen LogP contribution in [0, 0.1) is 18.7 Å². The Balaban J connectivity index is 1.24. The fraction of sp³-hybridized carbons (Fsp3) is 0.406. The molecule has 1 aliphatic carbocycles. The maximum absolute atomic E-state index is 13.9. The molecule has 0 amide bonds. The van der Waals surface area contributed by atoms with Crippen LogP contribution in [-0.4, -0.2) is 36.9 Å². The quantitative estimate of drug-likeness (QED) is 0.246. The van der Waals surface area contributed by atoms with Gasteiger partial charge in [0.05, 0.1) is 22.8 Å². The summed E-state index contributed by atoms with van der Waals surface area (Å²) in [6.07, 6.45) is 6.45. The highest BCUT2D eigenvalue weighted by atomic mass is 32.1. The average molecular weight is 532 g/mol. The van der Waals surface area contributed by atoms with Crippen LogP contribution in [-0.2, 0) is 4.74 Å². The van der Waals surface area contributed by atoms with E-state index in [1.165, 1.54) is 30.2 Å². The summed E-state index contributed by atoms with van der Waals surface area (Å²) in [4.78, 5) is 10.6. The number of piperidine rings is 1. The molecular formula is C32H38FN3OS. The second kappa shape index (κ2) is 11.8. The molecule has 1 unspecified atom stereocenters. The number of aryl methyl sites for hydroxylation is 1. The summed E-state index contributed by atoms with van der Waals surface area (Å²) >= 11 is 1.64.